The van der Waals surface area contributed by atoms with Crippen molar-refractivity contribution in [2.24, 2.45) is 0 Å². The maximum Gasteiger partial charge on any atom is 0.339 e. The first-order valence-electron chi connectivity index (χ1n) is 8.39. The molecule has 3 aromatic rings. The van der Waals surface area contributed by atoms with Crippen molar-refractivity contribution in [3.8, 4) is 0 Å². The van der Waals surface area contributed by atoms with Gasteiger partial charge >= 0.3 is 5.97 Å². The molecule has 0 unspecified atom stereocenters. The molecule has 3 aromatic carbocycles. The summed E-state index contributed by atoms with van der Waals surface area (Å²) in [7, 11) is -4.26. The fourth-order valence-electron chi connectivity index (χ4n) is 2.64. The predicted molar refractivity (Wildman–Crippen MR) is 123 cm³/mol. The summed E-state index contributed by atoms with van der Waals surface area (Å²) in [5, 5.41) is 12.6. The van der Waals surface area contributed by atoms with Crippen molar-refractivity contribution in [2.75, 3.05) is 10.0 Å². The third-order valence-corrected chi connectivity index (χ3v) is 6.61. The summed E-state index contributed by atoms with van der Waals surface area (Å²) < 4.78 is 28.7. The van der Waals surface area contributed by atoms with Crippen LogP contribution in [0.25, 0.3) is 0 Å². The highest BCUT2D eigenvalue weighted by atomic mass is 127. The molecule has 30 heavy (non-hydrogen) atoms. The number of nitrogens with one attached hydrogen (secondary N) is 2. The number of halogens is 2. The number of hydrogen-bond acceptors (Lipinski definition) is 4. The average molecular weight is 557 g/mol. The highest BCUT2D eigenvalue weighted by Gasteiger charge is 2.26. The van der Waals surface area contributed by atoms with E-state index in [4.69, 9.17) is 11.6 Å². The Morgan fingerprint density at radius 1 is 0.933 bits per heavy atom. The summed E-state index contributed by atoms with van der Waals surface area (Å²) in [5.41, 5.74) is -0.129. The maximum atomic E-state index is 12.9. The molecule has 0 aliphatic heterocycles. The van der Waals surface area contributed by atoms with Crippen molar-refractivity contribution in [3.63, 3.8) is 0 Å². The van der Waals surface area contributed by atoms with E-state index >= 15 is 0 Å². The van der Waals surface area contributed by atoms with Crippen LogP contribution in [0, 0.1) is 3.57 Å². The van der Waals surface area contributed by atoms with Gasteiger partial charge in [-0.25, -0.2) is 13.2 Å². The third-order valence-electron chi connectivity index (χ3n) is 3.99. The summed E-state index contributed by atoms with van der Waals surface area (Å²) in [5.74, 6) is -2.05. The van der Waals surface area contributed by atoms with Crippen LogP contribution >= 0.6 is 34.2 Å². The fraction of sp³-hybridized carbons (Fsp3) is 0. The van der Waals surface area contributed by atoms with Gasteiger partial charge in [-0.3, -0.25) is 9.52 Å². The summed E-state index contributed by atoms with van der Waals surface area (Å²) in [6, 6.07) is 16.5. The minimum absolute atomic E-state index is 0.133. The lowest BCUT2D eigenvalue weighted by molar-refractivity contribution is 0.0694. The highest BCUT2D eigenvalue weighted by Crippen LogP contribution is 2.27. The summed E-state index contributed by atoms with van der Waals surface area (Å²) >= 11 is 7.78. The number of carbonyl (C=O) groups excluding carboxylic acids is 1. The van der Waals surface area contributed by atoms with Crippen molar-refractivity contribution in [2.45, 2.75) is 4.90 Å². The van der Waals surface area contributed by atoms with Gasteiger partial charge < -0.3 is 10.4 Å². The fourth-order valence-corrected chi connectivity index (χ4v) is 4.68. The summed E-state index contributed by atoms with van der Waals surface area (Å²) in [6.07, 6.45) is 0. The van der Waals surface area contributed by atoms with Crippen LogP contribution in [-0.2, 0) is 10.0 Å². The Balaban J connectivity index is 2.00. The van der Waals surface area contributed by atoms with Gasteiger partial charge in [0.25, 0.3) is 15.9 Å². The minimum atomic E-state index is -4.26. The Morgan fingerprint density at radius 3 is 2.23 bits per heavy atom. The second kappa shape index (κ2) is 9.02. The number of amides is 1. The number of carbonyl (C=O) groups is 2. The number of carboxylic acids is 1. The van der Waals surface area contributed by atoms with Gasteiger partial charge in [0.15, 0.2) is 0 Å². The topological polar surface area (TPSA) is 113 Å². The third kappa shape index (κ3) is 4.91. The van der Waals surface area contributed by atoms with Crippen molar-refractivity contribution < 1.29 is 23.1 Å². The van der Waals surface area contributed by atoms with Gasteiger partial charge in [0.2, 0.25) is 0 Å². The molecule has 7 nitrogen and oxygen atoms in total. The average Bonchev–Trinajstić information content (AvgIpc) is 2.69. The van der Waals surface area contributed by atoms with E-state index in [1.807, 2.05) is 22.6 Å². The van der Waals surface area contributed by atoms with Crippen LogP contribution in [0.4, 0.5) is 11.4 Å². The molecular weight excluding hydrogens is 543 g/mol. The zero-order valence-electron chi connectivity index (χ0n) is 15.1. The van der Waals surface area contributed by atoms with E-state index in [0.29, 0.717) is 14.2 Å². The van der Waals surface area contributed by atoms with Crippen LogP contribution in [0.15, 0.2) is 71.6 Å². The van der Waals surface area contributed by atoms with E-state index in [0.717, 1.165) is 6.07 Å². The Labute approximate surface area is 191 Å². The van der Waals surface area contributed by atoms with Crippen LogP contribution in [0.1, 0.15) is 20.7 Å². The number of carboxylic acid groups (broad SMARTS) is 1. The first kappa shape index (κ1) is 22.1. The van der Waals surface area contributed by atoms with E-state index in [2.05, 4.69) is 10.0 Å². The molecule has 0 spiro atoms. The first-order chi connectivity index (χ1) is 14.2. The molecule has 1 amide bonds. The Kier molecular flexibility index (Phi) is 6.64. The molecule has 0 atom stereocenters. The van der Waals surface area contributed by atoms with Crippen LogP contribution in [-0.4, -0.2) is 25.4 Å². The molecule has 10 heteroatoms. The Hall–Kier alpha value is -2.63. The van der Waals surface area contributed by atoms with Gasteiger partial charge in [-0.1, -0.05) is 29.8 Å². The second-order valence-corrected chi connectivity index (χ2v) is 9.28. The van der Waals surface area contributed by atoms with Gasteiger partial charge in [0.05, 0.1) is 11.3 Å². The molecule has 0 radical (unpaired) electrons. The van der Waals surface area contributed by atoms with E-state index in [-0.39, 0.29) is 11.4 Å². The van der Waals surface area contributed by atoms with Gasteiger partial charge in [0, 0.05) is 14.3 Å². The van der Waals surface area contributed by atoms with Gasteiger partial charge in [-0.2, -0.15) is 0 Å². The smallest absolute Gasteiger partial charge is 0.339 e. The van der Waals surface area contributed by atoms with E-state index < -0.39 is 32.4 Å². The van der Waals surface area contributed by atoms with Crippen LogP contribution in [0.2, 0.25) is 5.02 Å². The van der Waals surface area contributed by atoms with Crippen LogP contribution < -0.4 is 10.0 Å². The molecule has 154 valence electrons. The van der Waals surface area contributed by atoms with Gasteiger partial charge in [-0.15, -0.1) is 0 Å². The molecule has 0 saturated carbocycles. The summed E-state index contributed by atoms with van der Waals surface area (Å²) in [6.45, 7) is 0. The number of benzene rings is 3. The lowest BCUT2D eigenvalue weighted by atomic mass is 10.1. The van der Waals surface area contributed by atoms with Crippen molar-refractivity contribution in [1.82, 2.24) is 0 Å². The molecule has 0 saturated heterocycles. The predicted octanol–water partition coefficient (Wildman–Crippen LogP) is 4.70. The van der Waals surface area contributed by atoms with Crippen molar-refractivity contribution in [1.29, 1.82) is 0 Å². The van der Waals surface area contributed by atoms with Crippen LogP contribution in [0.5, 0.6) is 0 Å². The molecule has 3 N–H and O–H groups in total. The zero-order valence-corrected chi connectivity index (χ0v) is 18.8. The number of aromatic carboxylic acids is 1. The Morgan fingerprint density at radius 2 is 1.60 bits per heavy atom. The second-order valence-electron chi connectivity index (χ2n) is 6.03. The molecule has 0 fully saturated rings. The monoisotopic (exact) mass is 556 g/mol. The first-order valence-corrected chi connectivity index (χ1v) is 11.3. The van der Waals surface area contributed by atoms with E-state index in [9.17, 15) is 23.1 Å². The molecule has 3 rings (SSSR count). The van der Waals surface area contributed by atoms with Crippen molar-refractivity contribution >= 4 is 67.5 Å². The molecular formula is C20H14ClIN2O5S. The van der Waals surface area contributed by atoms with Gasteiger partial charge in [-0.05, 0) is 71.1 Å². The Bertz CT molecular complexity index is 1230. The molecule has 0 aromatic heterocycles. The number of sulfonamides is 1. The minimum Gasteiger partial charge on any atom is -0.478 e. The van der Waals surface area contributed by atoms with E-state index in [1.54, 1.807) is 24.3 Å². The molecule has 0 aliphatic rings. The molecule has 0 aliphatic carbocycles. The quantitative estimate of drug-likeness (QED) is 0.381. The SMILES string of the molecule is O=C(Nc1cccc(S(=O)(=O)Nc2ccc(Cl)cc2)c1C(=O)O)c1ccccc1I. The van der Waals surface area contributed by atoms with E-state index in [1.165, 1.54) is 36.4 Å². The standard InChI is InChI=1S/C20H14ClIN2O5S/c21-12-8-10-13(11-9-12)24-30(28,29)17-7-3-6-16(18(17)20(26)27)23-19(25)14-4-1-2-5-15(14)22/h1-11,24H,(H,23,25)(H,26,27). The number of hydrogen-bond donors (Lipinski definition) is 3. The lowest BCUT2D eigenvalue weighted by Crippen LogP contribution is -2.20. The zero-order chi connectivity index (χ0) is 21.9. The maximum absolute atomic E-state index is 12.9. The largest absolute Gasteiger partial charge is 0.478 e. The normalized spacial score (nSPS) is 11.0. The highest BCUT2D eigenvalue weighted by molar-refractivity contribution is 14.1. The summed E-state index contributed by atoms with van der Waals surface area (Å²) in [4.78, 5) is 24.0. The lowest BCUT2D eigenvalue weighted by Gasteiger charge is -2.15. The number of anilines is 2. The van der Waals surface area contributed by atoms with Crippen molar-refractivity contribution in [3.05, 3.63) is 86.4 Å². The van der Waals surface area contributed by atoms with Gasteiger partial charge in [0.1, 0.15) is 10.5 Å². The number of rotatable bonds is 6. The molecule has 0 heterocycles. The van der Waals surface area contributed by atoms with Crippen LogP contribution in [0.3, 0.4) is 0 Å². The molecule has 0 bridgehead atoms.